The topological polar surface area (TPSA) is 35.5 Å². The monoisotopic (exact) mass is 430 g/mol. The van der Waals surface area contributed by atoms with Crippen LogP contribution in [0.25, 0.3) is 0 Å². The summed E-state index contributed by atoms with van der Waals surface area (Å²) in [5, 5.41) is 0. The van der Waals surface area contributed by atoms with Crippen LogP contribution in [0.2, 0.25) is 0 Å². The van der Waals surface area contributed by atoms with Crippen molar-refractivity contribution < 1.29 is 14.3 Å². The normalized spacial score (nSPS) is 38.4. The third-order valence-corrected chi connectivity index (χ3v) is 9.70. The number of ether oxygens (including phenoxy) is 2. The Morgan fingerprint density at radius 3 is 2.62 bits per heavy atom. The summed E-state index contributed by atoms with van der Waals surface area (Å²) in [5.41, 5.74) is 7.12. The van der Waals surface area contributed by atoms with Crippen molar-refractivity contribution in [1.29, 1.82) is 0 Å². The van der Waals surface area contributed by atoms with Crippen molar-refractivity contribution in [1.82, 2.24) is 0 Å². The van der Waals surface area contributed by atoms with Gasteiger partial charge < -0.3 is 9.47 Å². The molecule has 2 saturated carbocycles. The van der Waals surface area contributed by atoms with Crippen molar-refractivity contribution in [3.8, 4) is 5.75 Å². The molecule has 1 aliphatic heterocycles. The van der Waals surface area contributed by atoms with Gasteiger partial charge in [-0.05, 0) is 97.3 Å². The molecular formula is C29H34O3. The van der Waals surface area contributed by atoms with Crippen LogP contribution >= 0.6 is 0 Å². The van der Waals surface area contributed by atoms with Crippen molar-refractivity contribution in [2.24, 2.45) is 17.3 Å². The Bertz CT molecular complexity index is 1040. The van der Waals surface area contributed by atoms with Crippen LogP contribution in [0.5, 0.6) is 5.75 Å². The molecule has 5 aliphatic rings. The zero-order chi connectivity index (χ0) is 22.1. The molecule has 0 radical (unpaired) electrons. The average Bonchev–Trinajstić information content (AvgIpc) is 3.33. The second-order valence-electron chi connectivity index (χ2n) is 10.8. The van der Waals surface area contributed by atoms with Gasteiger partial charge in [0, 0.05) is 17.8 Å². The van der Waals surface area contributed by atoms with E-state index in [1.165, 1.54) is 28.7 Å². The average molecular weight is 431 g/mol. The van der Waals surface area contributed by atoms with E-state index >= 15 is 0 Å². The van der Waals surface area contributed by atoms with Gasteiger partial charge in [0.05, 0.1) is 19.3 Å². The van der Waals surface area contributed by atoms with Crippen molar-refractivity contribution in [3.05, 3.63) is 64.8 Å². The summed E-state index contributed by atoms with van der Waals surface area (Å²) in [6, 6.07) is 8.72. The number of rotatable bonds is 2. The van der Waals surface area contributed by atoms with Crippen LogP contribution in [-0.4, -0.2) is 25.1 Å². The third-order valence-electron chi connectivity index (χ3n) is 9.70. The molecule has 3 fully saturated rings. The first-order valence-corrected chi connectivity index (χ1v) is 12.4. The van der Waals surface area contributed by atoms with Crippen LogP contribution in [0, 0.1) is 17.3 Å². The van der Waals surface area contributed by atoms with Crippen LogP contribution in [-0.2, 0) is 9.53 Å². The lowest BCUT2D eigenvalue weighted by Crippen LogP contribution is -2.52. The Balaban J connectivity index is 1.52. The first-order chi connectivity index (χ1) is 15.5. The van der Waals surface area contributed by atoms with E-state index in [4.69, 9.17) is 9.47 Å². The molecule has 0 aromatic heterocycles. The molecule has 1 saturated heterocycles. The minimum atomic E-state index is -0.156. The lowest BCUT2D eigenvalue weighted by atomic mass is 9.50. The smallest absolute Gasteiger partial charge is 0.156 e. The van der Waals surface area contributed by atoms with E-state index in [1.54, 1.807) is 12.7 Å². The lowest BCUT2D eigenvalue weighted by molar-refractivity contribution is -0.114. The van der Waals surface area contributed by atoms with Crippen LogP contribution in [0.1, 0.15) is 69.8 Å². The Hall–Kier alpha value is -2.13. The fourth-order valence-corrected chi connectivity index (χ4v) is 8.25. The van der Waals surface area contributed by atoms with Gasteiger partial charge >= 0.3 is 0 Å². The maximum Gasteiger partial charge on any atom is 0.156 e. The molecule has 3 heteroatoms. The molecule has 0 bridgehead atoms. The van der Waals surface area contributed by atoms with E-state index < -0.39 is 0 Å². The number of allylic oxidation sites excluding steroid dienone is 4. The van der Waals surface area contributed by atoms with Crippen LogP contribution in [0.3, 0.4) is 0 Å². The minimum Gasteiger partial charge on any atom is -0.497 e. The SMILES string of the molecule is C=C1CCO[C@@]12CC[C@H]1[C@@H]3CCC4=CC(=O)CCC4=C3[C@@H](c3ccc(OC)cc3)C[C@@]12C. The van der Waals surface area contributed by atoms with Crippen molar-refractivity contribution in [2.75, 3.05) is 13.7 Å². The van der Waals surface area contributed by atoms with Crippen LogP contribution in [0.15, 0.2) is 59.2 Å². The molecule has 0 amide bonds. The van der Waals surface area contributed by atoms with Gasteiger partial charge in [-0.1, -0.05) is 31.2 Å². The van der Waals surface area contributed by atoms with Gasteiger partial charge in [-0.15, -0.1) is 0 Å². The van der Waals surface area contributed by atoms with Gasteiger partial charge in [0.15, 0.2) is 5.78 Å². The molecular weight excluding hydrogens is 396 g/mol. The summed E-state index contributed by atoms with van der Waals surface area (Å²) >= 11 is 0. The van der Waals surface area contributed by atoms with Gasteiger partial charge in [0.1, 0.15) is 5.75 Å². The molecule has 1 heterocycles. The number of methoxy groups -OCH3 is 1. The Morgan fingerprint density at radius 1 is 1.09 bits per heavy atom. The summed E-state index contributed by atoms with van der Waals surface area (Å²) in [7, 11) is 1.73. The Kier molecular flexibility index (Phi) is 4.60. The van der Waals surface area contributed by atoms with E-state index in [1.807, 2.05) is 6.08 Å². The number of hydrogen-bond acceptors (Lipinski definition) is 3. The fourth-order valence-electron chi connectivity index (χ4n) is 8.25. The number of carbonyl (C=O) groups is 1. The fraction of sp³-hybridized carbons (Fsp3) is 0.552. The molecule has 1 aromatic rings. The van der Waals surface area contributed by atoms with Crippen LogP contribution < -0.4 is 4.74 Å². The first-order valence-electron chi connectivity index (χ1n) is 12.4. The summed E-state index contributed by atoms with van der Waals surface area (Å²) in [6.07, 6.45) is 10.2. The number of hydrogen-bond donors (Lipinski definition) is 0. The highest BCUT2D eigenvalue weighted by atomic mass is 16.5. The Morgan fingerprint density at radius 2 is 1.91 bits per heavy atom. The summed E-state index contributed by atoms with van der Waals surface area (Å²) < 4.78 is 12.1. The number of ketones is 1. The number of benzene rings is 1. The van der Waals surface area contributed by atoms with Crippen molar-refractivity contribution >= 4 is 5.78 Å². The molecule has 0 N–H and O–H groups in total. The highest BCUT2D eigenvalue weighted by molar-refractivity contribution is 5.93. The minimum absolute atomic E-state index is 0.103. The first kappa shape index (κ1) is 20.5. The predicted octanol–water partition coefficient (Wildman–Crippen LogP) is 6.31. The molecule has 5 atom stereocenters. The standard InChI is InChI=1S/C29H34O3/c1-18-13-15-32-29(18)14-12-26-24-10-6-20-16-21(30)7-11-23(20)27(24)25(17-28(26,29)2)19-4-8-22(31-3)9-5-19/h4-5,8-9,16,24-26H,1,6-7,10-15,17H2,2-3H3/t24-,25+,26-,28-,29-/m0/s1. The van der Waals surface area contributed by atoms with Gasteiger partial charge in [-0.3, -0.25) is 4.79 Å². The van der Waals surface area contributed by atoms with Gasteiger partial charge in [-0.2, -0.15) is 0 Å². The third kappa shape index (κ3) is 2.67. The summed E-state index contributed by atoms with van der Waals surface area (Å²) in [5.74, 6) is 2.79. The number of fused-ring (bicyclic) bond motifs is 5. The quantitative estimate of drug-likeness (QED) is 0.516. The van der Waals surface area contributed by atoms with Gasteiger partial charge in [-0.25, -0.2) is 0 Å². The molecule has 0 unspecified atom stereocenters. The highest BCUT2D eigenvalue weighted by Crippen LogP contribution is 2.70. The number of carbonyl (C=O) groups excluding carboxylic acids is 1. The summed E-state index contributed by atoms with van der Waals surface area (Å²) in [6.45, 7) is 7.85. The second-order valence-corrected chi connectivity index (χ2v) is 10.8. The second kappa shape index (κ2) is 7.18. The Labute approximate surface area is 191 Å². The molecule has 4 aliphatic carbocycles. The molecule has 1 aromatic carbocycles. The largest absolute Gasteiger partial charge is 0.497 e. The predicted molar refractivity (Wildman–Crippen MR) is 126 cm³/mol. The zero-order valence-electron chi connectivity index (χ0n) is 19.4. The molecule has 3 nitrogen and oxygen atoms in total. The van der Waals surface area contributed by atoms with E-state index in [-0.39, 0.29) is 11.0 Å². The van der Waals surface area contributed by atoms with Gasteiger partial charge in [0.2, 0.25) is 0 Å². The van der Waals surface area contributed by atoms with E-state index in [0.717, 1.165) is 50.9 Å². The van der Waals surface area contributed by atoms with E-state index in [2.05, 4.69) is 37.8 Å². The van der Waals surface area contributed by atoms with Crippen molar-refractivity contribution in [2.45, 2.75) is 69.8 Å². The molecule has 168 valence electrons. The molecule has 1 spiro atoms. The molecule has 32 heavy (non-hydrogen) atoms. The van der Waals surface area contributed by atoms with Crippen molar-refractivity contribution in [3.63, 3.8) is 0 Å². The van der Waals surface area contributed by atoms with E-state index in [0.29, 0.717) is 30.0 Å². The van der Waals surface area contributed by atoms with E-state index in [9.17, 15) is 4.79 Å². The zero-order valence-corrected chi connectivity index (χ0v) is 19.4. The maximum atomic E-state index is 12.2. The summed E-state index contributed by atoms with van der Waals surface area (Å²) in [4.78, 5) is 12.2. The molecule has 6 rings (SSSR count). The highest BCUT2D eigenvalue weighted by Gasteiger charge is 2.65. The van der Waals surface area contributed by atoms with Crippen LogP contribution in [0.4, 0.5) is 0 Å². The van der Waals surface area contributed by atoms with Gasteiger partial charge in [0.25, 0.3) is 0 Å². The lowest BCUT2D eigenvalue weighted by Gasteiger charge is -2.55. The maximum absolute atomic E-state index is 12.2.